The number of furan rings is 1. The summed E-state index contributed by atoms with van der Waals surface area (Å²) in [6.45, 7) is 3.22. The zero-order chi connectivity index (χ0) is 17.3. The van der Waals surface area contributed by atoms with Crippen LogP contribution in [0, 0.1) is 0 Å². The van der Waals surface area contributed by atoms with Crippen molar-refractivity contribution in [2.24, 2.45) is 0 Å². The van der Waals surface area contributed by atoms with Gasteiger partial charge in [-0.2, -0.15) is 0 Å². The summed E-state index contributed by atoms with van der Waals surface area (Å²) in [5, 5.41) is 14.9. The quantitative estimate of drug-likeness (QED) is 0.752. The molecule has 1 aromatic heterocycles. The SMILES string of the molecule is CCC(C)(NC(=O)Cc1cc2c(ccc3ccccc32)o1)C(=O)O. The van der Waals surface area contributed by atoms with Crippen LogP contribution in [0.5, 0.6) is 0 Å². The van der Waals surface area contributed by atoms with Crippen LogP contribution >= 0.6 is 0 Å². The van der Waals surface area contributed by atoms with E-state index < -0.39 is 11.5 Å². The molecule has 0 aliphatic carbocycles. The van der Waals surface area contributed by atoms with Crippen LogP contribution in [0.1, 0.15) is 26.0 Å². The number of carbonyl (C=O) groups is 2. The molecule has 1 amide bonds. The molecular formula is C19H19NO4. The zero-order valence-electron chi connectivity index (χ0n) is 13.6. The summed E-state index contributed by atoms with van der Waals surface area (Å²) < 4.78 is 5.75. The molecule has 0 radical (unpaired) electrons. The molecule has 2 aromatic carbocycles. The third-order valence-electron chi connectivity index (χ3n) is 4.41. The fourth-order valence-electron chi connectivity index (χ4n) is 2.74. The van der Waals surface area contributed by atoms with Gasteiger partial charge in [0.25, 0.3) is 0 Å². The zero-order valence-corrected chi connectivity index (χ0v) is 13.6. The number of fused-ring (bicyclic) bond motifs is 3. The van der Waals surface area contributed by atoms with E-state index in [-0.39, 0.29) is 12.3 Å². The minimum Gasteiger partial charge on any atom is -0.480 e. The van der Waals surface area contributed by atoms with Crippen LogP contribution in [0.2, 0.25) is 0 Å². The summed E-state index contributed by atoms with van der Waals surface area (Å²) in [6, 6.07) is 13.7. The number of nitrogens with one attached hydrogen (secondary N) is 1. The molecule has 0 aliphatic rings. The number of amides is 1. The first kappa shape index (κ1) is 16.1. The van der Waals surface area contributed by atoms with Gasteiger partial charge in [0, 0.05) is 5.39 Å². The monoisotopic (exact) mass is 325 g/mol. The van der Waals surface area contributed by atoms with Gasteiger partial charge in [-0.15, -0.1) is 0 Å². The molecule has 2 N–H and O–H groups in total. The molecule has 3 rings (SSSR count). The fraction of sp³-hybridized carbons (Fsp3) is 0.263. The van der Waals surface area contributed by atoms with Crippen molar-refractivity contribution < 1.29 is 19.1 Å². The second-order valence-corrected chi connectivity index (χ2v) is 6.13. The van der Waals surface area contributed by atoms with Crippen molar-refractivity contribution in [3.63, 3.8) is 0 Å². The average molecular weight is 325 g/mol. The average Bonchev–Trinajstić information content (AvgIpc) is 2.97. The Kier molecular flexibility index (Phi) is 4.01. The molecule has 1 unspecified atom stereocenters. The molecule has 0 saturated heterocycles. The number of hydrogen-bond donors (Lipinski definition) is 2. The van der Waals surface area contributed by atoms with Gasteiger partial charge in [0.1, 0.15) is 16.9 Å². The summed E-state index contributed by atoms with van der Waals surface area (Å²) in [5.74, 6) is -0.901. The van der Waals surface area contributed by atoms with Crippen molar-refractivity contribution in [3.8, 4) is 0 Å². The molecule has 0 aliphatic heterocycles. The Hall–Kier alpha value is -2.82. The lowest BCUT2D eigenvalue weighted by molar-refractivity contribution is -0.147. The molecule has 5 nitrogen and oxygen atoms in total. The van der Waals surface area contributed by atoms with Crippen LogP contribution < -0.4 is 5.32 Å². The molecular weight excluding hydrogens is 306 g/mol. The van der Waals surface area contributed by atoms with E-state index in [1.54, 1.807) is 6.92 Å². The van der Waals surface area contributed by atoms with Crippen molar-refractivity contribution in [1.29, 1.82) is 0 Å². The van der Waals surface area contributed by atoms with E-state index >= 15 is 0 Å². The van der Waals surface area contributed by atoms with Crippen molar-refractivity contribution in [2.45, 2.75) is 32.2 Å². The van der Waals surface area contributed by atoms with Gasteiger partial charge in [-0.25, -0.2) is 4.79 Å². The molecule has 124 valence electrons. The Bertz CT molecular complexity index is 927. The van der Waals surface area contributed by atoms with Crippen molar-refractivity contribution in [1.82, 2.24) is 5.32 Å². The van der Waals surface area contributed by atoms with E-state index in [2.05, 4.69) is 5.32 Å². The predicted octanol–water partition coefficient (Wildman–Crippen LogP) is 3.50. The highest BCUT2D eigenvalue weighted by Gasteiger charge is 2.32. The Labute approximate surface area is 139 Å². The molecule has 0 bridgehead atoms. The Morgan fingerprint density at radius 2 is 1.92 bits per heavy atom. The van der Waals surface area contributed by atoms with Gasteiger partial charge in [0.15, 0.2) is 0 Å². The second-order valence-electron chi connectivity index (χ2n) is 6.13. The number of carboxylic acid groups (broad SMARTS) is 1. The largest absolute Gasteiger partial charge is 0.480 e. The molecule has 1 heterocycles. The summed E-state index contributed by atoms with van der Waals surface area (Å²) in [6.07, 6.45) is 0.310. The molecule has 24 heavy (non-hydrogen) atoms. The van der Waals surface area contributed by atoms with E-state index in [0.717, 1.165) is 16.2 Å². The minimum absolute atomic E-state index is 0.00583. The lowest BCUT2D eigenvalue weighted by Gasteiger charge is -2.24. The second kappa shape index (κ2) is 6.00. The lowest BCUT2D eigenvalue weighted by Crippen LogP contribution is -2.52. The molecule has 0 saturated carbocycles. The minimum atomic E-state index is -1.27. The number of benzene rings is 2. The molecule has 1 atom stereocenters. The normalized spacial score (nSPS) is 13.8. The first-order valence-corrected chi connectivity index (χ1v) is 7.87. The van der Waals surface area contributed by atoms with E-state index in [1.807, 2.05) is 42.5 Å². The maximum Gasteiger partial charge on any atom is 0.329 e. The van der Waals surface area contributed by atoms with E-state index in [9.17, 15) is 14.7 Å². The Morgan fingerprint density at radius 3 is 2.62 bits per heavy atom. The predicted molar refractivity (Wildman–Crippen MR) is 91.9 cm³/mol. The van der Waals surface area contributed by atoms with E-state index in [1.165, 1.54) is 6.92 Å². The summed E-state index contributed by atoms with van der Waals surface area (Å²) in [7, 11) is 0. The number of carbonyl (C=O) groups excluding carboxylic acids is 1. The molecule has 0 spiro atoms. The standard InChI is InChI=1S/C19H19NO4/c1-3-19(2,18(22)23)20-17(21)11-13-10-15-14-7-5-4-6-12(14)8-9-16(15)24-13/h4-10H,3,11H2,1-2H3,(H,20,21)(H,22,23). The van der Waals surface area contributed by atoms with Gasteiger partial charge in [0.05, 0.1) is 6.42 Å². The first-order valence-electron chi connectivity index (χ1n) is 7.87. The van der Waals surface area contributed by atoms with Crippen molar-refractivity contribution >= 4 is 33.6 Å². The third kappa shape index (κ3) is 2.85. The van der Waals surface area contributed by atoms with Crippen LogP contribution in [0.15, 0.2) is 46.9 Å². The van der Waals surface area contributed by atoms with Crippen molar-refractivity contribution in [2.75, 3.05) is 0 Å². The Balaban J connectivity index is 1.87. The van der Waals surface area contributed by atoms with Crippen LogP contribution in [0.3, 0.4) is 0 Å². The van der Waals surface area contributed by atoms with Crippen LogP contribution in [-0.4, -0.2) is 22.5 Å². The van der Waals surface area contributed by atoms with Gasteiger partial charge in [-0.3, -0.25) is 4.79 Å². The van der Waals surface area contributed by atoms with Crippen molar-refractivity contribution in [3.05, 3.63) is 48.2 Å². The number of aliphatic carboxylic acids is 1. The van der Waals surface area contributed by atoms with Gasteiger partial charge >= 0.3 is 5.97 Å². The third-order valence-corrected chi connectivity index (χ3v) is 4.41. The lowest BCUT2D eigenvalue weighted by atomic mass is 9.99. The molecule has 0 fully saturated rings. The highest BCUT2D eigenvalue weighted by atomic mass is 16.4. The van der Waals surface area contributed by atoms with E-state index in [4.69, 9.17) is 4.42 Å². The Morgan fingerprint density at radius 1 is 1.17 bits per heavy atom. The number of carboxylic acids is 1. The maximum atomic E-state index is 12.2. The first-order chi connectivity index (χ1) is 11.4. The molecule has 5 heteroatoms. The highest BCUT2D eigenvalue weighted by molar-refractivity contribution is 6.06. The highest BCUT2D eigenvalue weighted by Crippen LogP contribution is 2.28. The van der Waals surface area contributed by atoms with Crippen LogP contribution in [0.4, 0.5) is 0 Å². The van der Waals surface area contributed by atoms with Gasteiger partial charge in [-0.05, 0) is 36.2 Å². The molecule has 3 aromatic rings. The number of hydrogen-bond acceptors (Lipinski definition) is 3. The van der Waals surface area contributed by atoms with Crippen LogP contribution in [0.25, 0.3) is 21.7 Å². The maximum absolute atomic E-state index is 12.2. The summed E-state index contributed by atoms with van der Waals surface area (Å²) in [5.41, 5.74) is -0.552. The summed E-state index contributed by atoms with van der Waals surface area (Å²) >= 11 is 0. The van der Waals surface area contributed by atoms with Crippen LogP contribution in [-0.2, 0) is 16.0 Å². The van der Waals surface area contributed by atoms with Gasteiger partial charge in [0.2, 0.25) is 5.91 Å². The van der Waals surface area contributed by atoms with E-state index in [0.29, 0.717) is 17.8 Å². The topological polar surface area (TPSA) is 79.5 Å². The fourth-order valence-corrected chi connectivity index (χ4v) is 2.74. The summed E-state index contributed by atoms with van der Waals surface area (Å²) in [4.78, 5) is 23.5. The number of rotatable bonds is 5. The smallest absolute Gasteiger partial charge is 0.329 e. The van der Waals surface area contributed by atoms with Gasteiger partial charge in [-0.1, -0.05) is 37.3 Å². The van der Waals surface area contributed by atoms with Gasteiger partial charge < -0.3 is 14.8 Å².